The lowest BCUT2D eigenvalue weighted by atomic mass is 9.69. The first-order valence-corrected chi connectivity index (χ1v) is 9.00. The minimum absolute atomic E-state index is 0.555. The topological polar surface area (TPSA) is 12.0 Å². The van der Waals surface area contributed by atoms with Crippen molar-refractivity contribution < 1.29 is 0 Å². The van der Waals surface area contributed by atoms with Gasteiger partial charge in [-0.3, -0.25) is 0 Å². The Kier molecular flexibility index (Phi) is 3.47. The molecule has 0 aromatic rings. The van der Waals surface area contributed by atoms with Gasteiger partial charge in [0.15, 0.2) is 0 Å². The predicted molar refractivity (Wildman–Crippen MR) is 81.1 cm³/mol. The van der Waals surface area contributed by atoms with Crippen molar-refractivity contribution in [3.05, 3.63) is 0 Å². The summed E-state index contributed by atoms with van der Waals surface area (Å²) in [4.78, 5) is 0. The summed E-state index contributed by atoms with van der Waals surface area (Å²) in [6.45, 7) is 8.86. The third-order valence-electron chi connectivity index (χ3n) is 6.70. The van der Waals surface area contributed by atoms with Crippen LogP contribution >= 0.6 is 11.8 Å². The molecular weight excluding hydrogens is 238 g/mol. The van der Waals surface area contributed by atoms with Gasteiger partial charge in [-0.2, -0.15) is 11.8 Å². The molecule has 0 radical (unpaired) electrons. The molecule has 1 saturated heterocycles. The van der Waals surface area contributed by atoms with Gasteiger partial charge in [-0.1, -0.05) is 20.8 Å². The van der Waals surface area contributed by atoms with Gasteiger partial charge in [-0.05, 0) is 72.8 Å². The van der Waals surface area contributed by atoms with E-state index in [1.165, 1.54) is 50.2 Å². The first-order valence-electron chi connectivity index (χ1n) is 7.85. The Morgan fingerprint density at radius 2 is 2.06 bits per heavy atom. The predicted octanol–water partition coefficient (Wildman–Crippen LogP) is 3.93. The van der Waals surface area contributed by atoms with Crippen LogP contribution in [0.4, 0.5) is 0 Å². The molecule has 3 rings (SSSR count). The smallest absolute Gasteiger partial charge is 0.0129 e. The number of hydrogen-bond acceptors (Lipinski definition) is 2. The van der Waals surface area contributed by atoms with Gasteiger partial charge in [-0.25, -0.2) is 0 Å². The number of hydrogen-bond donors (Lipinski definition) is 1. The summed E-state index contributed by atoms with van der Waals surface area (Å²) in [5.41, 5.74) is 1.12. The Bertz CT molecular complexity index is 308. The molecular formula is C16H29NS. The summed E-state index contributed by atoms with van der Waals surface area (Å²) < 4.78 is 0. The van der Waals surface area contributed by atoms with E-state index in [4.69, 9.17) is 0 Å². The molecule has 0 aromatic carbocycles. The molecule has 3 aliphatic rings. The lowest BCUT2D eigenvalue weighted by Crippen LogP contribution is -2.46. The summed E-state index contributed by atoms with van der Waals surface area (Å²) in [5.74, 6) is 4.70. The molecule has 1 aliphatic heterocycles. The highest BCUT2D eigenvalue weighted by molar-refractivity contribution is 7.99. The molecule has 2 heteroatoms. The van der Waals surface area contributed by atoms with Crippen molar-refractivity contribution >= 4 is 11.8 Å². The zero-order valence-electron chi connectivity index (χ0n) is 12.3. The van der Waals surface area contributed by atoms with Gasteiger partial charge in [0, 0.05) is 6.04 Å². The zero-order chi connectivity index (χ0) is 12.8. The molecule has 2 saturated carbocycles. The van der Waals surface area contributed by atoms with E-state index in [1.807, 2.05) is 0 Å². The fourth-order valence-corrected chi connectivity index (χ4v) is 5.95. The van der Waals surface area contributed by atoms with Gasteiger partial charge in [0.2, 0.25) is 0 Å². The van der Waals surface area contributed by atoms with Crippen LogP contribution in [-0.4, -0.2) is 24.1 Å². The molecule has 2 aliphatic carbocycles. The summed E-state index contributed by atoms with van der Waals surface area (Å²) in [5, 5.41) is 3.97. The lowest BCUT2D eigenvalue weighted by Gasteiger charge is -2.40. The number of nitrogens with one attached hydrogen (secondary N) is 1. The van der Waals surface area contributed by atoms with Gasteiger partial charge in [0.25, 0.3) is 0 Å². The highest BCUT2D eigenvalue weighted by Gasteiger charge is 2.60. The Labute approximate surface area is 117 Å². The van der Waals surface area contributed by atoms with Crippen LogP contribution in [0.2, 0.25) is 0 Å². The van der Waals surface area contributed by atoms with Crippen LogP contribution in [0.25, 0.3) is 0 Å². The summed E-state index contributed by atoms with van der Waals surface area (Å²) in [7, 11) is 0. The van der Waals surface area contributed by atoms with E-state index in [9.17, 15) is 0 Å². The molecule has 1 nitrogen and oxygen atoms in total. The monoisotopic (exact) mass is 267 g/mol. The minimum Gasteiger partial charge on any atom is -0.313 e. The second kappa shape index (κ2) is 4.70. The minimum atomic E-state index is 0.555. The van der Waals surface area contributed by atoms with Crippen molar-refractivity contribution in [2.24, 2.45) is 22.7 Å². The van der Waals surface area contributed by atoms with E-state index in [-0.39, 0.29) is 0 Å². The maximum atomic E-state index is 3.97. The zero-order valence-corrected chi connectivity index (χ0v) is 13.1. The SMILES string of the molecule is CC1(C)C2CCC1(C)C(NCC1CCCSC1)C2. The van der Waals surface area contributed by atoms with Crippen molar-refractivity contribution in [2.75, 3.05) is 18.1 Å². The third-order valence-corrected chi connectivity index (χ3v) is 7.99. The van der Waals surface area contributed by atoms with Crippen molar-refractivity contribution in [3.63, 3.8) is 0 Å². The summed E-state index contributed by atoms with van der Waals surface area (Å²) in [6.07, 6.45) is 7.25. The Morgan fingerprint density at radius 1 is 1.22 bits per heavy atom. The van der Waals surface area contributed by atoms with Crippen LogP contribution in [0.1, 0.15) is 52.9 Å². The molecule has 0 aromatic heterocycles. The molecule has 3 fully saturated rings. The van der Waals surface area contributed by atoms with Gasteiger partial charge in [0.1, 0.15) is 0 Å². The molecule has 2 bridgehead atoms. The van der Waals surface area contributed by atoms with E-state index in [2.05, 4.69) is 37.8 Å². The number of rotatable bonds is 3. The number of thioether (sulfide) groups is 1. The Balaban J connectivity index is 1.58. The van der Waals surface area contributed by atoms with Gasteiger partial charge >= 0.3 is 0 Å². The highest BCUT2D eigenvalue weighted by atomic mass is 32.2. The molecule has 0 amide bonds. The molecule has 104 valence electrons. The standard InChI is InChI=1S/C16H29NS/c1-15(2)13-6-7-16(15,3)14(9-13)17-10-12-5-4-8-18-11-12/h12-14,17H,4-11H2,1-3H3. The molecule has 1 N–H and O–H groups in total. The van der Waals surface area contributed by atoms with Crippen LogP contribution in [0.15, 0.2) is 0 Å². The fraction of sp³-hybridized carbons (Fsp3) is 1.00. The van der Waals surface area contributed by atoms with Crippen LogP contribution in [0.3, 0.4) is 0 Å². The average Bonchev–Trinajstić information content (AvgIpc) is 2.70. The van der Waals surface area contributed by atoms with Crippen molar-refractivity contribution in [2.45, 2.75) is 58.9 Å². The van der Waals surface area contributed by atoms with E-state index in [0.717, 1.165) is 17.9 Å². The maximum Gasteiger partial charge on any atom is 0.0129 e. The molecule has 1 heterocycles. The van der Waals surface area contributed by atoms with Crippen LogP contribution < -0.4 is 5.32 Å². The molecule has 4 atom stereocenters. The van der Waals surface area contributed by atoms with Gasteiger partial charge in [-0.15, -0.1) is 0 Å². The molecule has 0 spiro atoms. The van der Waals surface area contributed by atoms with Crippen LogP contribution in [-0.2, 0) is 0 Å². The van der Waals surface area contributed by atoms with Crippen LogP contribution in [0, 0.1) is 22.7 Å². The highest BCUT2D eigenvalue weighted by Crippen LogP contribution is 2.65. The molecule has 4 unspecified atom stereocenters. The van der Waals surface area contributed by atoms with Gasteiger partial charge < -0.3 is 5.32 Å². The lowest BCUT2D eigenvalue weighted by molar-refractivity contribution is 0.119. The summed E-state index contributed by atoms with van der Waals surface area (Å²) in [6, 6.07) is 0.790. The van der Waals surface area contributed by atoms with E-state index < -0.39 is 0 Å². The fourth-order valence-electron chi connectivity index (χ4n) is 4.79. The number of fused-ring (bicyclic) bond motifs is 2. The maximum absolute atomic E-state index is 3.97. The Hall–Kier alpha value is 0.310. The second-order valence-corrected chi connectivity index (χ2v) is 8.80. The first-order chi connectivity index (χ1) is 8.54. The van der Waals surface area contributed by atoms with E-state index in [1.54, 1.807) is 0 Å². The summed E-state index contributed by atoms with van der Waals surface area (Å²) >= 11 is 2.16. The van der Waals surface area contributed by atoms with Crippen molar-refractivity contribution in [3.8, 4) is 0 Å². The average molecular weight is 267 g/mol. The first kappa shape index (κ1) is 13.3. The van der Waals surface area contributed by atoms with E-state index >= 15 is 0 Å². The van der Waals surface area contributed by atoms with Crippen molar-refractivity contribution in [1.82, 2.24) is 5.32 Å². The third kappa shape index (κ3) is 1.95. The second-order valence-electron chi connectivity index (χ2n) is 7.65. The Morgan fingerprint density at radius 3 is 2.61 bits per heavy atom. The normalized spacial score (nSPS) is 46.5. The quantitative estimate of drug-likeness (QED) is 0.831. The van der Waals surface area contributed by atoms with E-state index in [0.29, 0.717) is 10.8 Å². The molecule has 18 heavy (non-hydrogen) atoms. The van der Waals surface area contributed by atoms with Crippen LogP contribution in [0.5, 0.6) is 0 Å². The largest absolute Gasteiger partial charge is 0.313 e. The van der Waals surface area contributed by atoms with Crippen molar-refractivity contribution in [1.29, 1.82) is 0 Å². The van der Waals surface area contributed by atoms with Gasteiger partial charge in [0.05, 0.1) is 0 Å².